The molecule has 0 spiro atoms. The Labute approximate surface area is 122 Å². The maximum atomic E-state index is 12.7. The van der Waals surface area contributed by atoms with E-state index < -0.39 is 10.8 Å². The van der Waals surface area contributed by atoms with Crippen LogP contribution in [0.25, 0.3) is 0 Å². The van der Waals surface area contributed by atoms with Gasteiger partial charge in [0.15, 0.2) is 0 Å². The molecule has 20 heavy (non-hydrogen) atoms. The van der Waals surface area contributed by atoms with Gasteiger partial charge in [-0.3, -0.25) is 9.00 Å². The lowest BCUT2D eigenvalue weighted by Gasteiger charge is -2.37. The summed E-state index contributed by atoms with van der Waals surface area (Å²) in [6.45, 7) is 7.16. The van der Waals surface area contributed by atoms with Gasteiger partial charge in [0.1, 0.15) is 6.10 Å². The summed E-state index contributed by atoms with van der Waals surface area (Å²) in [5.41, 5.74) is 0. The van der Waals surface area contributed by atoms with Crippen molar-refractivity contribution in [3.05, 3.63) is 0 Å². The molecular weight excluding hydrogens is 278 g/mol. The zero-order valence-electron chi connectivity index (χ0n) is 12.1. The molecular formula is C14H23NO4S. The maximum absolute atomic E-state index is 12.7. The van der Waals surface area contributed by atoms with Gasteiger partial charge < -0.3 is 14.4 Å². The lowest BCUT2D eigenvalue weighted by Crippen LogP contribution is -2.53. The Morgan fingerprint density at radius 1 is 1.20 bits per heavy atom. The molecule has 0 bridgehead atoms. The van der Waals surface area contributed by atoms with Crippen molar-refractivity contribution < 1.29 is 18.5 Å². The van der Waals surface area contributed by atoms with Gasteiger partial charge in [-0.1, -0.05) is 0 Å². The number of nitrogens with zero attached hydrogens (tertiary/aromatic N) is 1. The van der Waals surface area contributed by atoms with Gasteiger partial charge in [0.25, 0.3) is 5.91 Å². The van der Waals surface area contributed by atoms with E-state index in [9.17, 15) is 9.00 Å². The molecule has 0 N–H and O–H groups in total. The van der Waals surface area contributed by atoms with Crippen molar-refractivity contribution >= 4 is 16.7 Å². The number of ether oxygens (including phenoxy) is 2. The molecule has 0 radical (unpaired) electrons. The first-order chi connectivity index (χ1) is 9.58. The van der Waals surface area contributed by atoms with Crippen LogP contribution in [0, 0.1) is 11.8 Å². The summed E-state index contributed by atoms with van der Waals surface area (Å²) >= 11 is 0. The lowest BCUT2D eigenvalue weighted by molar-refractivity contribution is -0.143. The molecule has 3 aliphatic heterocycles. The van der Waals surface area contributed by atoms with Crippen molar-refractivity contribution in [2.45, 2.75) is 36.9 Å². The number of hydrogen-bond donors (Lipinski definition) is 0. The average molecular weight is 301 g/mol. The van der Waals surface area contributed by atoms with E-state index in [-0.39, 0.29) is 22.5 Å². The summed E-state index contributed by atoms with van der Waals surface area (Å²) in [6.07, 6.45) is 0.598. The van der Waals surface area contributed by atoms with Crippen LogP contribution in [0.1, 0.15) is 20.3 Å². The fourth-order valence-electron chi connectivity index (χ4n) is 3.59. The third-order valence-corrected chi connectivity index (χ3v) is 6.60. The average Bonchev–Trinajstić information content (AvgIpc) is 2.87. The SMILES string of the molecule is CC1CN(C(=O)C2OCC3COCCC32)CC(C)S1=O. The second kappa shape index (κ2) is 5.73. The third kappa shape index (κ3) is 2.53. The first-order valence-corrected chi connectivity index (χ1v) is 8.73. The molecule has 5 atom stereocenters. The van der Waals surface area contributed by atoms with Gasteiger partial charge in [-0.15, -0.1) is 0 Å². The van der Waals surface area contributed by atoms with E-state index in [2.05, 4.69) is 0 Å². The molecule has 0 saturated carbocycles. The number of fused-ring (bicyclic) bond motifs is 1. The van der Waals surface area contributed by atoms with Crippen LogP contribution in [0.3, 0.4) is 0 Å². The highest BCUT2D eigenvalue weighted by Crippen LogP contribution is 2.34. The van der Waals surface area contributed by atoms with Crippen LogP contribution in [0.2, 0.25) is 0 Å². The van der Waals surface area contributed by atoms with Crippen LogP contribution in [0.5, 0.6) is 0 Å². The van der Waals surface area contributed by atoms with Crippen molar-refractivity contribution in [2.24, 2.45) is 11.8 Å². The Bertz CT molecular complexity index is 402. The van der Waals surface area contributed by atoms with Gasteiger partial charge >= 0.3 is 0 Å². The normalized spacial score (nSPS) is 45.2. The van der Waals surface area contributed by atoms with E-state index in [0.717, 1.165) is 13.0 Å². The van der Waals surface area contributed by atoms with Crippen LogP contribution >= 0.6 is 0 Å². The standard InChI is InChI=1S/C14H23NO4S/c1-9-5-15(6-10(2)20(9)17)14(16)13-12-3-4-18-7-11(12)8-19-13/h9-13H,3-8H2,1-2H3. The third-order valence-electron chi connectivity index (χ3n) is 4.71. The Morgan fingerprint density at radius 2 is 1.90 bits per heavy atom. The van der Waals surface area contributed by atoms with E-state index in [1.54, 1.807) is 0 Å². The molecule has 3 fully saturated rings. The molecule has 6 heteroatoms. The number of amides is 1. The molecule has 3 heterocycles. The number of hydrogen-bond acceptors (Lipinski definition) is 4. The second-order valence-corrected chi connectivity index (χ2v) is 8.50. The monoisotopic (exact) mass is 301 g/mol. The molecule has 0 aromatic carbocycles. The summed E-state index contributed by atoms with van der Waals surface area (Å²) in [5, 5.41) is 0.101. The smallest absolute Gasteiger partial charge is 0.252 e. The predicted octanol–water partition coefficient (Wildman–Crippen LogP) is 0.406. The molecule has 114 valence electrons. The first kappa shape index (κ1) is 14.5. The highest BCUT2D eigenvalue weighted by atomic mass is 32.2. The summed E-state index contributed by atoms with van der Waals surface area (Å²) in [5.74, 6) is 0.760. The minimum absolute atomic E-state index is 0.0505. The first-order valence-electron chi connectivity index (χ1n) is 7.45. The van der Waals surface area contributed by atoms with Crippen molar-refractivity contribution in [3.8, 4) is 0 Å². The van der Waals surface area contributed by atoms with E-state index in [1.807, 2.05) is 18.7 Å². The fourth-order valence-corrected chi connectivity index (χ4v) is 5.03. The van der Waals surface area contributed by atoms with Crippen LogP contribution in [-0.2, 0) is 25.1 Å². The van der Waals surface area contributed by atoms with Crippen molar-refractivity contribution in [1.82, 2.24) is 4.90 Å². The number of carbonyl (C=O) groups is 1. The van der Waals surface area contributed by atoms with Gasteiger partial charge in [0.2, 0.25) is 0 Å². The molecule has 3 rings (SSSR count). The van der Waals surface area contributed by atoms with Gasteiger partial charge in [-0.2, -0.15) is 0 Å². The van der Waals surface area contributed by atoms with Gasteiger partial charge in [-0.05, 0) is 20.3 Å². The lowest BCUT2D eigenvalue weighted by atomic mass is 9.86. The Balaban J connectivity index is 1.68. The molecule has 5 nitrogen and oxygen atoms in total. The molecule has 0 aromatic heterocycles. The molecule has 3 saturated heterocycles. The summed E-state index contributed by atoms with van der Waals surface area (Å²) < 4.78 is 23.2. The van der Waals surface area contributed by atoms with Crippen LogP contribution in [0.15, 0.2) is 0 Å². The van der Waals surface area contributed by atoms with Crippen molar-refractivity contribution in [1.29, 1.82) is 0 Å². The van der Waals surface area contributed by atoms with Gasteiger partial charge in [0, 0.05) is 52.8 Å². The molecule has 0 aromatic rings. The van der Waals surface area contributed by atoms with Crippen LogP contribution < -0.4 is 0 Å². The van der Waals surface area contributed by atoms with E-state index in [1.165, 1.54) is 0 Å². The maximum Gasteiger partial charge on any atom is 0.252 e. The molecule has 3 aliphatic rings. The minimum Gasteiger partial charge on any atom is -0.381 e. The van der Waals surface area contributed by atoms with Crippen LogP contribution in [0.4, 0.5) is 0 Å². The Kier molecular flexibility index (Phi) is 4.15. The summed E-state index contributed by atoms with van der Waals surface area (Å²) in [6, 6.07) is 0. The number of rotatable bonds is 1. The number of carbonyl (C=O) groups excluding carboxylic acids is 1. The summed E-state index contributed by atoms with van der Waals surface area (Å²) in [7, 11) is -0.831. The highest BCUT2D eigenvalue weighted by molar-refractivity contribution is 7.86. The minimum atomic E-state index is -0.831. The predicted molar refractivity (Wildman–Crippen MR) is 75.8 cm³/mol. The highest BCUT2D eigenvalue weighted by Gasteiger charge is 2.45. The Hall–Kier alpha value is -0.460. The van der Waals surface area contributed by atoms with Crippen LogP contribution in [-0.4, -0.2) is 64.5 Å². The largest absolute Gasteiger partial charge is 0.381 e. The topological polar surface area (TPSA) is 55.8 Å². The molecule has 5 unspecified atom stereocenters. The second-order valence-electron chi connectivity index (χ2n) is 6.23. The summed E-state index contributed by atoms with van der Waals surface area (Å²) in [4.78, 5) is 14.6. The van der Waals surface area contributed by atoms with E-state index in [4.69, 9.17) is 9.47 Å². The van der Waals surface area contributed by atoms with E-state index >= 15 is 0 Å². The quantitative estimate of drug-likeness (QED) is 0.704. The van der Waals surface area contributed by atoms with Crippen molar-refractivity contribution in [3.63, 3.8) is 0 Å². The zero-order chi connectivity index (χ0) is 14.3. The van der Waals surface area contributed by atoms with Gasteiger partial charge in [0.05, 0.1) is 13.2 Å². The van der Waals surface area contributed by atoms with Gasteiger partial charge in [-0.25, -0.2) is 0 Å². The molecule has 0 aliphatic carbocycles. The van der Waals surface area contributed by atoms with Crippen molar-refractivity contribution in [2.75, 3.05) is 32.9 Å². The fraction of sp³-hybridized carbons (Fsp3) is 0.929. The zero-order valence-corrected chi connectivity index (χ0v) is 12.9. The molecule has 1 amide bonds. The Morgan fingerprint density at radius 3 is 2.60 bits per heavy atom. The van der Waals surface area contributed by atoms with E-state index in [0.29, 0.717) is 38.1 Å².